The van der Waals surface area contributed by atoms with E-state index in [1.54, 1.807) is 6.20 Å². The van der Waals surface area contributed by atoms with Crippen LogP contribution in [0.2, 0.25) is 0 Å². The van der Waals surface area contributed by atoms with Crippen LogP contribution in [0.15, 0.2) is 18.3 Å². The minimum atomic E-state index is -0.0146. The highest BCUT2D eigenvalue weighted by molar-refractivity contribution is 5.71. The molecule has 0 aliphatic carbocycles. The van der Waals surface area contributed by atoms with Gasteiger partial charge in [0.25, 0.3) is 0 Å². The third-order valence-corrected chi connectivity index (χ3v) is 2.72. The summed E-state index contributed by atoms with van der Waals surface area (Å²) < 4.78 is 1.99. The van der Waals surface area contributed by atoms with E-state index in [4.69, 9.17) is 5.73 Å². The van der Waals surface area contributed by atoms with Crippen LogP contribution in [0.25, 0.3) is 11.2 Å². The number of imidazole rings is 1. The monoisotopic (exact) mass is 218 g/mol. The van der Waals surface area contributed by atoms with Gasteiger partial charge in [0, 0.05) is 13.2 Å². The average molecular weight is 218 g/mol. The quantitative estimate of drug-likeness (QED) is 0.857. The molecule has 0 saturated heterocycles. The van der Waals surface area contributed by atoms with Crippen molar-refractivity contribution in [2.75, 3.05) is 0 Å². The van der Waals surface area contributed by atoms with Crippen LogP contribution in [0.5, 0.6) is 0 Å². The number of fused-ring (bicyclic) bond motifs is 1. The van der Waals surface area contributed by atoms with Crippen molar-refractivity contribution in [3.63, 3.8) is 0 Å². The Kier molecular flexibility index (Phi) is 2.92. The second-order valence-corrected chi connectivity index (χ2v) is 4.61. The molecule has 2 N–H and O–H groups in total. The van der Waals surface area contributed by atoms with Gasteiger partial charge in [0.1, 0.15) is 11.3 Å². The van der Waals surface area contributed by atoms with E-state index in [-0.39, 0.29) is 6.04 Å². The molecule has 0 saturated carbocycles. The lowest BCUT2D eigenvalue weighted by Gasteiger charge is -2.13. The molecular formula is C12H18N4. The first-order chi connectivity index (χ1) is 7.59. The summed E-state index contributed by atoms with van der Waals surface area (Å²) >= 11 is 0. The van der Waals surface area contributed by atoms with Gasteiger partial charge in [-0.2, -0.15) is 0 Å². The van der Waals surface area contributed by atoms with E-state index in [2.05, 4.69) is 23.8 Å². The molecule has 0 unspecified atom stereocenters. The van der Waals surface area contributed by atoms with Gasteiger partial charge in [0.15, 0.2) is 5.65 Å². The lowest BCUT2D eigenvalue weighted by atomic mass is 10.0. The molecule has 16 heavy (non-hydrogen) atoms. The Labute approximate surface area is 95.5 Å². The Morgan fingerprint density at radius 3 is 2.81 bits per heavy atom. The molecule has 2 rings (SSSR count). The molecule has 2 heterocycles. The molecule has 0 spiro atoms. The summed E-state index contributed by atoms with van der Waals surface area (Å²) in [6, 6.07) is 3.85. The number of aromatic nitrogens is 3. The Bertz CT molecular complexity index is 487. The zero-order valence-electron chi connectivity index (χ0n) is 10.0. The molecule has 86 valence electrons. The van der Waals surface area contributed by atoms with Crippen molar-refractivity contribution in [1.82, 2.24) is 14.5 Å². The van der Waals surface area contributed by atoms with E-state index < -0.39 is 0 Å². The summed E-state index contributed by atoms with van der Waals surface area (Å²) in [5.41, 5.74) is 7.97. The smallest absolute Gasteiger partial charge is 0.159 e. The minimum Gasteiger partial charge on any atom is -0.321 e. The Hall–Kier alpha value is -1.42. The fourth-order valence-corrected chi connectivity index (χ4v) is 1.99. The van der Waals surface area contributed by atoms with Gasteiger partial charge in [-0.05, 0) is 24.5 Å². The normalized spacial score (nSPS) is 13.6. The van der Waals surface area contributed by atoms with Gasteiger partial charge in [0.05, 0.1) is 6.04 Å². The van der Waals surface area contributed by atoms with Gasteiger partial charge < -0.3 is 10.3 Å². The predicted molar refractivity (Wildman–Crippen MR) is 64.9 cm³/mol. The van der Waals surface area contributed by atoms with Crippen molar-refractivity contribution in [2.45, 2.75) is 26.3 Å². The van der Waals surface area contributed by atoms with Crippen LogP contribution in [0, 0.1) is 5.92 Å². The van der Waals surface area contributed by atoms with Crippen molar-refractivity contribution >= 4 is 11.2 Å². The second-order valence-electron chi connectivity index (χ2n) is 4.61. The van der Waals surface area contributed by atoms with Crippen LogP contribution in [-0.2, 0) is 7.05 Å². The standard InChI is InChI=1S/C12H18N4/c1-8(2)7-9(13)11-15-10-5-4-6-14-12(10)16(11)3/h4-6,8-9H,7,13H2,1-3H3/t9-/m1/s1. The summed E-state index contributed by atoms with van der Waals surface area (Å²) in [6.07, 6.45) is 2.72. The molecule has 0 amide bonds. The van der Waals surface area contributed by atoms with E-state index in [1.807, 2.05) is 23.7 Å². The van der Waals surface area contributed by atoms with Crippen LogP contribution < -0.4 is 5.73 Å². The van der Waals surface area contributed by atoms with E-state index in [0.717, 1.165) is 23.4 Å². The zero-order valence-corrected chi connectivity index (χ0v) is 10.0. The van der Waals surface area contributed by atoms with Crippen molar-refractivity contribution in [3.8, 4) is 0 Å². The third-order valence-electron chi connectivity index (χ3n) is 2.72. The third kappa shape index (κ3) is 1.93. The maximum absolute atomic E-state index is 6.15. The Balaban J connectivity index is 2.41. The molecule has 0 aliphatic rings. The average Bonchev–Trinajstić information content (AvgIpc) is 2.56. The largest absolute Gasteiger partial charge is 0.321 e. The lowest BCUT2D eigenvalue weighted by molar-refractivity contribution is 0.485. The summed E-state index contributed by atoms with van der Waals surface area (Å²) in [6.45, 7) is 4.33. The highest BCUT2D eigenvalue weighted by atomic mass is 15.1. The molecule has 0 radical (unpaired) electrons. The summed E-state index contributed by atoms with van der Waals surface area (Å²) in [5.74, 6) is 1.49. The topological polar surface area (TPSA) is 56.7 Å². The van der Waals surface area contributed by atoms with E-state index >= 15 is 0 Å². The number of pyridine rings is 1. The van der Waals surface area contributed by atoms with Crippen LogP contribution in [-0.4, -0.2) is 14.5 Å². The number of nitrogens with two attached hydrogens (primary N) is 1. The van der Waals surface area contributed by atoms with Crippen LogP contribution in [0.1, 0.15) is 32.1 Å². The molecule has 0 aliphatic heterocycles. The number of nitrogens with zero attached hydrogens (tertiary/aromatic N) is 3. The highest BCUT2D eigenvalue weighted by Crippen LogP contribution is 2.20. The first-order valence-electron chi connectivity index (χ1n) is 5.62. The molecule has 2 aromatic heterocycles. The van der Waals surface area contributed by atoms with E-state index in [0.29, 0.717) is 5.92 Å². The molecule has 2 aromatic rings. The SMILES string of the molecule is CC(C)C[C@@H](N)c1nc2cccnc2n1C. The van der Waals surface area contributed by atoms with Crippen LogP contribution in [0.4, 0.5) is 0 Å². The number of hydrogen-bond acceptors (Lipinski definition) is 3. The first-order valence-corrected chi connectivity index (χ1v) is 5.62. The molecule has 4 nitrogen and oxygen atoms in total. The zero-order chi connectivity index (χ0) is 11.7. The van der Waals surface area contributed by atoms with Gasteiger partial charge in [0.2, 0.25) is 0 Å². The van der Waals surface area contributed by atoms with Gasteiger partial charge in [-0.25, -0.2) is 9.97 Å². The summed E-state index contributed by atoms with van der Waals surface area (Å²) in [7, 11) is 1.97. The fraction of sp³-hybridized carbons (Fsp3) is 0.500. The molecular weight excluding hydrogens is 200 g/mol. The summed E-state index contributed by atoms with van der Waals surface area (Å²) in [4.78, 5) is 8.85. The molecule has 0 aromatic carbocycles. The number of hydrogen-bond donors (Lipinski definition) is 1. The van der Waals surface area contributed by atoms with Crippen molar-refractivity contribution < 1.29 is 0 Å². The van der Waals surface area contributed by atoms with Gasteiger partial charge in [-0.1, -0.05) is 13.8 Å². The maximum Gasteiger partial charge on any atom is 0.159 e. The van der Waals surface area contributed by atoms with Gasteiger partial charge in [-0.3, -0.25) is 0 Å². The highest BCUT2D eigenvalue weighted by Gasteiger charge is 2.16. The van der Waals surface area contributed by atoms with Crippen molar-refractivity contribution in [3.05, 3.63) is 24.2 Å². The second kappa shape index (κ2) is 4.22. The van der Waals surface area contributed by atoms with E-state index in [1.165, 1.54) is 0 Å². The minimum absolute atomic E-state index is 0.0146. The molecule has 1 atom stereocenters. The molecule has 0 fully saturated rings. The maximum atomic E-state index is 6.15. The molecule has 0 bridgehead atoms. The first kappa shape index (κ1) is 11.1. The van der Waals surface area contributed by atoms with Crippen LogP contribution >= 0.6 is 0 Å². The van der Waals surface area contributed by atoms with Gasteiger partial charge in [-0.15, -0.1) is 0 Å². The van der Waals surface area contributed by atoms with E-state index in [9.17, 15) is 0 Å². The lowest BCUT2D eigenvalue weighted by Crippen LogP contribution is -2.17. The summed E-state index contributed by atoms with van der Waals surface area (Å²) in [5, 5.41) is 0. The predicted octanol–water partition coefficient (Wildman–Crippen LogP) is 2.01. The van der Waals surface area contributed by atoms with Crippen molar-refractivity contribution in [2.24, 2.45) is 18.7 Å². The number of aryl methyl sites for hydroxylation is 1. The van der Waals surface area contributed by atoms with Gasteiger partial charge >= 0.3 is 0 Å². The van der Waals surface area contributed by atoms with Crippen molar-refractivity contribution in [1.29, 1.82) is 0 Å². The molecule has 4 heteroatoms. The number of rotatable bonds is 3. The van der Waals surface area contributed by atoms with Crippen LogP contribution in [0.3, 0.4) is 0 Å². The Morgan fingerprint density at radius 2 is 2.19 bits per heavy atom. The Morgan fingerprint density at radius 1 is 1.44 bits per heavy atom. The fourth-order valence-electron chi connectivity index (χ4n) is 1.99.